The minimum atomic E-state index is -4.24. The Morgan fingerprint density at radius 2 is 2.25 bits per heavy atom. The van der Waals surface area contributed by atoms with Crippen LogP contribution in [0.5, 0.6) is 5.88 Å². The molecule has 1 aromatic heterocycles. The zero-order valence-corrected chi connectivity index (χ0v) is 12.9. The lowest BCUT2D eigenvalue weighted by molar-refractivity contribution is -0.148. The van der Waals surface area contributed by atoms with Crippen molar-refractivity contribution in [1.82, 2.24) is 15.6 Å². The summed E-state index contributed by atoms with van der Waals surface area (Å²) >= 11 is 0. The first-order valence-corrected chi connectivity index (χ1v) is 7.62. The van der Waals surface area contributed by atoms with Crippen molar-refractivity contribution >= 4 is 5.91 Å². The maximum atomic E-state index is 12.7. The van der Waals surface area contributed by atoms with Crippen LogP contribution in [0.4, 0.5) is 17.6 Å². The Bertz CT molecular complexity index is 534. The molecule has 24 heavy (non-hydrogen) atoms. The molecule has 5 nitrogen and oxygen atoms in total. The molecule has 2 N–H and O–H groups in total. The lowest BCUT2D eigenvalue weighted by atomic mass is 10.00. The molecule has 1 atom stereocenters. The predicted molar refractivity (Wildman–Crippen MR) is 78.6 cm³/mol. The van der Waals surface area contributed by atoms with E-state index in [4.69, 9.17) is 0 Å². The minimum Gasteiger partial charge on any atom is -0.471 e. The Balaban J connectivity index is 1.81. The monoisotopic (exact) mass is 349 g/mol. The van der Waals surface area contributed by atoms with Crippen molar-refractivity contribution in [3.05, 3.63) is 23.9 Å². The highest BCUT2D eigenvalue weighted by Gasteiger charge is 2.41. The second kappa shape index (κ2) is 8.27. The van der Waals surface area contributed by atoms with E-state index in [1.54, 1.807) is 0 Å². The molecule has 0 aliphatic carbocycles. The first-order chi connectivity index (χ1) is 11.4. The Morgan fingerprint density at radius 3 is 2.83 bits per heavy atom. The molecule has 1 fully saturated rings. The normalized spacial score (nSPS) is 18.5. The largest absolute Gasteiger partial charge is 0.471 e. The molecular formula is C15H19F4N3O2. The Kier molecular flexibility index (Phi) is 6.36. The molecule has 9 heteroatoms. The lowest BCUT2D eigenvalue weighted by Gasteiger charge is -2.22. The van der Waals surface area contributed by atoms with Gasteiger partial charge in [0.1, 0.15) is 0 Å². The third-order valence-electron chi connectivity index (χ3n) is 3.68. The molecule has 0 saturated carbocycles. The van der Waals surface area contributed by atoms with E-state index in [0.717, 1.165) is 32.1 Å². The van der Waals surface area contributed by atoms with Gasteiger partial charge in [0.25, 0.3) is 5.91 Å². The maximum Gasteiger partial charge on any atom is 0.340 e. The number of rotatable bonds is 7. The number of alkyl halides is 4. The van der Waals surface area contributed by atoms with Crippen molar-refractivity contribution < 1.29 is 27.1 Å². The van der Waals surface area contributed by atoms with E-state index < -0.39 is 19.0 Å². The van der Waals surface area contributed by atoms with Crippen LogP contribution < -0.4 is 15.4 Å². The summed E-state index contributed by atoms with van der Waals surface area (Å²) in [6.07, 6.45) is -0.546. The Hall–Kier alpha value is -1.90. The van der Waals surface area contributed by atoms with Gasteiger partial charge in [0, 0.05) is 18.8 Å². The molecule has 0 spiro atoms. The number of carbonyl (C=O) groups is 1. The fraction of sp³-hybridized carbons (Fsp3) is 0.600. The van der Waals surface area contributed by atoms with E-state index in [9.17, 15) is 22.4 Å². The van der Waals surface area contributed by atoms with Crippen LogP contribution >= 0.6 is 0 Å². The summed E-state index contributed by atoms with van der Waals surface area (Å²) in [5.41, 5.74) is 0.242. The first-order valence-electron chi connectivity index (χ1n) is 7.62. The Morgan fingerprint density at radius 1 is 1.46 bits per heavy atom. The SMILES string of the molecule is O=C(NCC1CCCNC1)c1ccc(OCC(F)(F)C(F)F)nc1. The number of hydrogen-bond acceptors (Lipinski definition) is 4. The van der Waals surface area contributed by atoms with Gasteiger partial charge in [-0.3, -0.25) is 4.79 Å². The third-order valence-corrected chi connectivity index (χ3v) is 3.68. The molecule has 1 saturated heterocycles. The first kappa shape index (κ1) is 18.4. The van der Waals surface area contributed by atoms with Gasteiger partial charge in [-0.1, -0.05) is 0 Å². The average molecular weight is 349 g/mol. The van der Waals surface area contributed by atoms with Crippen LogP contribution in [0.2, 0.25) is 0 Å². The molecule has 1 aliphatic heterocycles. The highest BCUT2D eigenvalue weighted by Crippen LogP contribution is 2.23. The number of ether oxygens (including phenoxy) is 1. The van der Waals surface area contributed by atoms with Gasteiger partial charge in [0.05, 0.1) is 5.56 Å². The number of aromatic nitrogens is 1. The number of carbonyl (C=O) groups excluding carboxylic acids is 1. The average Bonchev–Trinajstić information content (AvgIpc) is 2.59. The number of nitrogens with one attached hydrogen (secondary N) is 2. The van der Waals surface area contributed by atoms with Gasteiger partial charge in [-0.25, -0.2) is 13.8 Å². The van der Waals surface area contributed by atoms with Crippen molar-refractivity contribution in [3.63, 3.8) is 0 Å². The second-order valence-corrected chi connectivity index (χ2v) is 5.66. The molecule has 1 amide bonds. The number of piperidine rings is 1. The topological polar surface area (TPSA) is 63.2 Å². The lowest BCUT2D eigenvalue weighted by Crippen LogP contribution is -2.38. The van der Waals surface area contributed by atoms with Gasteiger partial charge in [0.15, 0.2) is 6.61 Å². The number of amides is 1. The van der Waals surface area contributed by atoms with Crippen LogP contribution in [0.1, 0.15) is 23.2 Å². The summed E-state index contributed by atoms with van der Waals surface area (Å²) in [5, 5.41) is 6.03. The molecule has 0 bridgehead atoms. The van der Waals surface area contributed by atoms with Crippen molar-refractivity contribution in [2.75, 3.05) is 26.2 Å². The summed E-state index contributed by atoms with van der Waals surface area (Å²) in [7, 11) is 0. The summed E-state index contributed by atoms with van der Waals surface area (Å²) in [6.45, 7) is 0.896. The van der Waals surface area contributed by atoms with E-state index in [-0.39, 0.29) is 17.4 Å². The highest BCUT2D eigenvalue weighted by atomic mass is 19.3. The van der Waals surface area contributed by atoms with Crippen LogP contribution in [-0.2, 0) is 0 Å². The van der Waals surface area contributed by atoms with Crippen molar-refractivity contribution in [1.29, 1.82) is 0 Å². The van der Waals surface area contributed by atoms with Crippen LogP contribution in [0.15, 0.2) is 18.3 Å². The molecule has 2 rings (SSSR count). The molecule has 134 valence electrons. The van der Waals surface area contributed by atoms with Gasteiger partial charge >= 0.3 is 12.3 Å². The molecular weight excluding hydrogens is 330 g/mol. The number of halogens is 4. The molecule has 2 heterocycles. The molecule has 1 unspecified atom stereocenters. The van der Waals surface area contributed by atoms with E-state index in [1.807, 2.05) is 0 Å². The fourth-order valence-corrected chi connectivity index (χ4v) is 2.27. The minimum absolute atomic E-state index is 0.242. The molecule has 0 aromatic carbocycles. The van der Waals surface area contributed by atoms with E-state index in [2.05, 4.69) is 20.4 Å². The molecule has 0 radical (unpaired) electrons. The standard InChI is InChI=1S/C15H19F4N3O2/c16-14(17)15(18,19)9-24-12-4-3-11(8-21-12)13(23)22-7-10-2-1-5-20-6-10/h3-4,8,10,14,20H,1-2,5-7,9H2,(H,22,23). The Labute approximate surface area is 136 Å². The van der Waals surface area contributed by atoms with Gasteiger partial charge < -0.3 is 15.4 Å². The van der Waals surface area contributed by atoms with Gasteiger partial charge in [0.2, 0.25) is 5.88 Å². The van der Waals surface area contributed by atoms with Gasteiger partial charge in [-0.15, -0.1) is 0 Å². The molecule has 1 aliphatic rings. The number of hydrogen-bond donors (Lipinski definition) is 2. The summed E-state index contributed by atoms with van der Waals surface area (Å²) in [6, 6.07) is 2.54. The zero-order valence-electron chi connectivity index (χ0n) is 12.9. The van der Waals surface area contributed by atoms with Crippen LogP contribution in [0.3, 0.4) is 0 Å². The number of nitrogens with zero attached hydrogens (tertiary/aromatic N) is 1. The number of pyridine rings is 1. The summed E-state index contributed by atoms with van der Waals surface area (Å²) in [5.74, 6) is -4.46. The van der Waals surface area contributed by atoms with Crippen molar-refractivity contribution in [3.8, 4) is 5.88 Å². The second-order valence-electron chi connectivity index (χ2n) is 5.66. The van der Waals surface area contributed by atoms with Crippen LogP contribution in [0, 0.1) is 5.92 Å². The van der Waals surface area contributed by atoms with Crippen LogP contribution in [0.25, 0.3) is 0 Å². The fourth-order valence-electron chi connectivity index (χ4n) is 2.27. The summed E-state index contributed by atoms with van der Waals surface area (Å²) in [4.78, 5) is 15.7. The van der Waals surface area contributed by atoms with Gasteiger partial charge in [-0.05, 0) is 37.9 Å². The van der Waals surface area contributed by atoms with E-state index >= 15 is 0 Å². The van der Waals surface area contributed by atoms with E-state index in [0.29, 0.717) is 12.5 Å². The zero-order chi connectivity index (χ0) is 17.6. The molecule has 1 aromatic rings. The van der Waals surface area contributed by atoms with Crippen molar-refractivity contribution in [2.45, 2.75) is 25.2 Å². The quantitative estimate of drug-likeness (QED) is 0.740. The summed E-state index contributed by atoms with van der Waals surface area (Å²) < 4.78 is 54.1. The maximum absolute atomic E-state index is 12.7. The third kappa shape index (κ3) is 5.33. The van der Waals surface area contributed by atoms with Crippen molar-refractivity contribution in [2.24, 2.45) is 5.92 Å². The smallest absolute Gasteiger partial charge is 0.340 e. The highest BCUT2D eigenvalue weighted by molar-refractivity contribution is 5.93. The van der Waals surface area contributed by atoms with Gasteiger partial charge in [-0.2, -0.15) is 8.78 Å². The van der Waals surface area contributed by atoms with E-state index in [1.165, 1.54) is 12.1 Å². The van der Waals surface area contributed by atoms with Crippen LogP contribution in [-0.4, -0.2) is 49.5 Å². The predicted octanol–water partition coefficient (Wildman–Crippen LogP) is 2.09.